The van der Waals surface area contributed by atoms with E-state index in [1.807, 2.05) is 42.5 Å². The van der Waals surface area contributed by atoms with Crippen LogP contribution in [0.5, 0.6) is 0 Å². The van der Waals surface area contributed by atoms with E-state index in [0.717, 1.165) is 11.3 Å². The Morgan fingerprint density at radius 2 is 1.68 bits per heavy atom. The molecular weight excluding hydrogens is 336 g/mol. The van der Waals surface area contributed by atoms with Crippen LogP contribution in [0.4, 0.5) is 10.5 Å². The summed E-state index contributed by atoms with van der Waals surface area (Å²) < 4.78 is 0. The zero-order valence-electron chi connectivity index (χ0n) is 13.7. The third-order valence-electron chi connectivity index (χ3n) is 4.30. The minimum absolute atomic E-state index is 0.106. The molecule has 128 valence electrons. The van der Waals surface area contributed by atoms with Gasteiger partial charge in [0, 0.05) is 36.9 Å². The maximum atomic E-state index is 12.3. The highest BCUT2D eigenvalue weighted by atomic mass is 35.5. The number of urea groups is 1. The largest absolute Gasteiger partial charge is 0.322 e. The number of carbonyl (C=O) groups excluding carboxylic acids is 1. The van der Waals surface area contributed by atoms with Crippen molar-refractivity contribution in [2.45, 2.75) is 6.04 Å². The van der Waals surface area contributed by atoms with E-state index in [1.54, 1.807) is 17.0 Å². The van der Waals surface area contributed by atoms with Crippen LogP contribution in [-0.2, 0) is 0 Å². The summed E-state index contributed by atoms with van der Waals surface area (Å²) in [5, 5.41) is 13.1. The van der Waals surface area contributed by atoms with E-state index in [0.29, 0.717) is 31.2 Å². The van der Waals surface area contributed by atoms with Crippen molar-refractivity contribution in [2.24, 2.45) is 0 Å². The lowest BCUT2D eigenvalue weighted by molar-refractivity contribution is 0.131. The predicted octanol–water partition coefficient (Wildman–Crippen LogP) is 3.75. The SMILES string of the molecule is N#CC(c1ccc(Cl)cc1)N1CCN(C(=O)Nc2ccccc2)CC1. The fraction of sp³-hybridized carbons (Fsp3) is 0.263. The number of hydrogen-bond donors (Lipinski definition) is 1. The molecule has 1 fully saturated rings. The van der Waals surface area contributed by atoms with Crippen LogP contribution in [0.1, 0.15) is 11.6 Å². The van der Waals surface area contributed by atoms with Gasteiger partial charge in [-0.05, 0) is 29.8 Å². The number of benzene rings is 2. The van der Waals surface area contributed by atoms with Gasteiger partial charge in [0.1, 0.15) is 6.04 Å². The van der Waals surface area contributed by atoms with E-state index in [9.17, 15) is 10.1 Å². The van der Waals surface area contributed by atoms with Crippen molar-refractivity contribution in [1.29, 1.82) is 5.26 Å². The van der Waals surface area contributed by atoms with Crippen LogP contribution >= 0.6 is 11.6 Å². The van der Waals surface area contributed by atoms with Gasteiger partial charge in [0.25, 0.3) is 0 Å². The molecule has 0 saturated carbocycles. The van der Waals surface area contributed by atoms with Gasteiger partial charge in [-0.25, -0.2) is 4.79 Å². The number of rotatable bonds is 3. The van der Waals surface area contributed by atoms with Gasteiger partial charge in [0.05, 0.1) is 6.07 Å². The molecule has 2 aromatic carbocycles. The average Bonchev–Trinajstić information content (AvgIpc) is 2.65. The normalized spacial score (nSPS) is 16.1. The molecule has 2 amide bonds. The van der Waals surface area contributed by atoms with E-state index in [1.165, 1.54) is 0 Å². The van der Waals surface area contributed by atoms with Gasteiger partial charge in [-0.2, -0.15) is 5.26 Å². The molecule has 1 atom stereocenters. The Bertz CT molecular complexity index is 749. The van der Waals surface area contributed by atoms with Crippen molar-refractivity contribution in [3.8, 4) is 6.07 Å². The monoisotopic (exact) mass is 354 g/mol. The highest BCUT2D eigenvalue weighted by Gasteiger charge is 2.27. The van der Waals surface area contributed by atoms with Crippen LogP contribution in [0.3, 0.4) is 0 Å². The molecule has 0 aromatic heterocycles. The van der Waals surface area contributed by atoms with E-state index in [-0.39, 0.29) is 12.1 Å². The second-order valence-electron chi connectivity index (χ2n) is 5.90. The highest BCUT2D eigenvalue weighted by Crippen LogP contribution is 2.23. The molecule has 6 heteroatoms. The number of anilines is 1. The Morgan fingerprint density at radius 1 is 1.04 bits per heavy atom. The first-order chi connectivity index (χ1) is 12.2. The fourth-order valence-electron chi connectivity index (χ4n) is 2.92. The highest BCUT2D eigenvalue weighted by molar-refractivity contribution is 6.30. The Kier molecular flexibility index (Phi) is 5.54. The molecule has 1 aliphatic rings. The van der Waals surface area contributed by atoms with Gasteiger partial charge in [-0.15, -0.1) is 0 Å². The third kappa shape index (κ3) is 4.30. The molecule has 0 radical (unpaired) electrons. The van der Waals surface area contributed by atoms with Gasteiger partial charge in [-0.1, -0.05) is 41.9 Å². The molecule has 1 aliphatic heterocycles. The van der Waals surface area contributed by atoms with Gasteiger partial charge in [0.2, 0.25) is 0 Å². The smallest absolute Gasteiger partial charge is 0.321 e. The quantitative estimate of drug-likeness (QED) is 0.913. The van der Waals surface area contributed by atoms with Gasteiger partial charge in [0.15, 0.2) is 0 Å². The third-order valence-corrected chi connectivity index (χ3v) is 4.55. The number of nitrogens with one attached hydrogen (secondary N) is 1. The van der Waals surface area contributed by atoms with Crippen LogP contribution in [-0.4, -0.2) is 42.0 Å². The van der Waals surface area contributed by atoms with Crippen LogP contribution in [0.2, 0.25) is 5.02 Å². The van der Waals surface area contributed by atoms with E-state index in [2.05, 4.69) is 16.3 Å². The second-order valence-corrected chi connectivity index (χ2v) is 6.34. The average molecular weight is 355 g/mol. The molecule has 0 spiro atoms. The van der Waals surface area contributed by atoms with E-state index in [4.69, 9.17) is 11.6 Å². The Morgan fingerprint density at radius 3 is 2.28 bits per heavy atom. The Balaban J connectivity index is 1.58. The molecular formula is C19H19ClN4O. The number of piperazine rings is 1. The van der Waals surface area contributed by atoms with Gasteiger partial charge in [-0.3, -0.25) is 4.90 Å². The lowest BCUT2D eigenvalue weighted by Crippen LogP contribution is -2.50. The zero-order valence-corrected chi connectivity index (χ0v) is 14.5. The maximum Gasteiger partial charge on any atom is 0.321 e. The maximum absolute atomic E-state index is 12.3. The Hall–Kier alpha value is -2.55. The van der Waals surface area contributed by atoms with Crippen LogP contribution in [0.25, 0.3) is 0 Å². The topological polar surface area (TPSA) is 59.4 Å². The molecule has 3 rings (SSSR count). The minimum atomic E-state index is -0.323. The van der Waals surface area contributed by atoms with Crippen LogP contribution in [0.15, 0.2) is 54.6 Å². The summed E-state index contributed by atoms with van der Waals surface area (Å²) in [5.41, 5.74) is 1.71. The van der Waals surface area contributed by atoms with Crippen molar-refractivity contribution in [2.75, 3.05) is 31.5 Å². The summed E-state index contributed by atoms with van der Waals surface area (Å²) >= 11 is 5.92. The first-order valence-electron chi connectivity index (χ1n) is 8.17. The van der Waals surface area contributed by atoms with Crippen molar-refractivity contribution in [1.82, 2.24) is 9.80 Å². The number of amides is 2. The number of nitrogens with zero attached hydrogens (tertiary/aromatic N) is 3. The van der Waals surface area contributed by atoms with Crippen LogP contribution < -0.4 is 5.32 Å². The first-order valence-corrected chi connectivity index (χ1v) is 8.55. The molecule has 1 heterocycles. The molecule has 0 bridgehead atoms. The molecule has 5 nitrogen and oxygen atoms in total. The minimum Gasteiger partial charge on any atom is -0.322 e. The van der Waals surface area contributed by atoms with Crippen molar-refractivity contribution in [3.63, 3.8) is 0 Å². The molecule has 1 unspecified atom stereocenters. The molecule has 1 N–H and O–H groups in total. The molecule has 0 aliphatic carbocycles. The van der Waals surface area contributed by atoms with Crippen molar-refractivity contribution < 1.29 is 4.79 Å². The number of nitriles is 1. The van der Waals surface area contributed by atoms with E-state index < -0.39 is 0 Å². The summed E-state index contributed by atoms with van der Waals surface area (Å²) in [6.07, 6.45) is 0. The second kappa shape index (κ2) is 8.02. The summed E-state index contributed by atoms with van der Waals surface area (Å²) in [7, 11) is 0. The summed E-state index contributed by atoms with van der Waals surface area (Å²) in [5.74, 6) is 0. The van der Waals surface area contributed by atoms with Crippen LogP contribution in [0, 0.1) is 11.3 Å². The first kappa shape index (κ1) is 17.3. The molecule has 2 aromatic rings. The Labute approximate surface area is 152 Å². The number of hydrogen-bond acceptors (Lipinski definition) is 3. The lowest BCUT2D eigenvalue weighted by Gasteiger charge is -2.37. The predicted molar refractivity (Wildman–Crippen MR) is 98.4 cm³/mol. The van der Waals surface area contributed by atoms with Crippen molar-refractivity contribution in [3.05, 3.63) is 65.2 Å². The number of halogens is 1. The summed E-state index contributed by atoms with van der Waals surface area (Å²) in [4.78, 5) is 16.2. The zero-order chi connectivity index (χ0) is 17.6. The molecule has 1 saturated heterocycles. The van der Waals surface area contributed by atoms with Crippen molar-refractivity contribution >= 4 is 23.3 Å². The standard InChI is InChI=1S/C19H19ClN4O/c20-16-8-6-15(7-9-16)18(14-21)23-10-12-24(13-11-23)19(25)22-17-4-2-1-3-5-17/h1-9,18H,10-13H2,(H,22,25). The summed E-state index contributed by atoms with van der Waals surface area (Å²) in [6, 6.07) is 18.7. The van der Waals surface area contributed by atoms with Gasteiger partial charge >= 0.3 is 6.03 Å². The van der Waals surface area contributed by atoms with Gasteiger partial charge < -0.3 is 10.2 Å². The summed E-state index contributed by atoms with van der Waals surface area (Å²) in [6.45, 7) is 2.49. The number of carbonyl (C=O) groups is 1. The van der Waals surface area contributed by atoms with E-state index >= 15 is 0 Å². The number of para-hydroxylation sites is 1. The lowest BCUT2D eigenvalue weighted by atomic mass is 10.1. The molecule has 25 heavy (non-hydrogen) atoms. The fourth-order valence-corrected chi connectivity index (χ4v) is 3.05.